The first kappa shape index (κ1) is 29.8. The highest BCUT2D eigenvalue weighted by Crippen LogP contribution is 2.25. The number of hydrogen-bond donors (Lipinski definition) is 3. The van der Waals surface area contributed by atoms with E-state index < -0.39 is 29.7 Å². The van der Waals surface area contributed by atoms with E-state index in [1.807, 2.05) is 52.1 Å². The van der Waals surface area contributed by atoms with Gasteiger partial charge in [-0.05, 0) is 83.6 Å². The molecule has 3 amide bonds. The number of carbonyl (C=O) groups is 3. The number of ether oxygens (including phenoxy) is 1. The van der Waals surface area contributed by atoms with E-state index in [4.69, 9.17) is 4.74 Å². The van der Waals surface area contributed by atoms with Crippen LogP contribution in [0, 0.1) is 13.8 Å². The van der Waals surface area contributed by atoms with Crippen molar-refractivity contribution in [1.29, 1.82) is 0 Å². The fourth-order valence-electron chi connectivity index (χ4n) is 3.39. The Hall–Kier alpha value is -2.26. The van der Waals surface area contributed by atoms with E-state index in [0.29, 0.717) is 17.7 Å². The quantitative estimate of drug-likeness (QED) is 0.435. The summed E-state index contributed by atoms with van der Waals surface area (Å²) in [6.45, 7) is 12.5. The Morgan fingerprint density at radius 1 is 1.12 bits per heavy atom. The summed E-state index contributed by atoms with van der Waals surface area (Å²) in [5.41, 5.74) is 1.98. The second-order valence-electron chi connectivity index (χ2n) is 9.65. The summed E-state index contributed by atoms with van der Waals surface area (Å²) in [5.74, 6) is -0.178. The van der Waals surface area contributed by atoms with Crippen LogP contribution < -0.4 is 10.6 Å². The lowest BCUT2D eigenvalue weighted by molar-refractivity contribution is -0.143. The number of aliphatic hydroxyl groups is 1. The van der Waals surface area contributed by atoms with Gasteiger partial charge in [0.25, 0.3) is 0 Å². The number of nitrogens with one attached hydrogen (secondary N) is 2. The molecule has 3 N–H and O–H groups in total. The van der Waals surface area contributed by atoms with Gasteiger partial charge in [-0.2, -0.15) is 11.8 Å². The van der Waals surface area contributed by atoms with Gasteiger partial charge in [-0.1, -0.05) is 18.2 Å². The first-order chi connectivity index (χ1) is 15.8. The summed E-state index contributed by atoms with van der Waals surface area (Å²) < 4.78 is 5.36. The van der Waals surface area contributed by atoms with Crippen LogP contribution in [0.3, 0.4) is 0 Å². The highest BCUT2D eigenvalue weighted by atomic mass is 32.2. The molecule has 1 aromatic rings. The van der Waals surface area contributed by atoms with Gasteiger partial charge in [-0.15, -0.1) is 0 Å². The molecule has 2 unspecified atom stereocenters. The number of thioether (sulfide) groups is 1. The number of aliphatic hydroxyl groups excluding tert-OH is 1. The first-order valence-electron chi connectivity index (χ1n) is 11.6. The molecule has 1 aromatic carbocycles. The molecular weight excluding hydrogens is 454 g/mol. The smallest absolute Gasteiger partial charge is 0.408 e. The topological polar surface area (TPSA) is 108 Å². The van der Waals surface area contributed by atoms with Crippen LogP contribution in [-0.4, -0.2) is 70.8 Å². The number of hydrogen-bond acceptors (Lipinski definition) is 6. The van der Waals surface area contributed by atoms with Crippen LogP contribution in [0.5, 0.6) is 0 Å². The summed E-state index contributed by atoms with van der Waals surface area (Å²) in [6.07, 6.45) is 1.56. The highest BCUT2D eigenvalue weighted by molar-refractivity contribution is 7.98. The van der Waals surface area contributed by atoms with Gasteiger partial charge in [0.1, 0.15) is 17.7 Å². The van der Waals surface area contributed by atoms with Gasteiger partial charge < -0.3 is 25.4 Å². The van der Waals surface area contributed by atoms with E-state index in [1.54, 1.807) is 32.5 Å². The number of aryl methyl sites for hydroxylation is 2. The molecule has 0 aliphatic heterocycles. The number of carbonyl (C=O) groups excluding carboxylic acids is 3. The minimum absolute atomic E-state index is 0.0618. The maximum absolute atomic E-state index is 13.8. The molecule has 0 bridgehead atoms. The first-order valence-corrected chi connectivity index (χ1v) is 13.0. The molecule has 0 saturated heterocycles. The van der Waals surface area contributed by atoms with Crippen LogP contribution in [0.2, 0.25) is 0 Å². The second kappa shape index (κ2) is 13.6. The van der Waals surface area contributed by atoms with Crippen LogP contribution in [0.25, 0.3) is 0 Å². The molecular formula is C25H41N3O5S. The van der Waals surface area contributed by atoms with Crippen molar-refractivity contribution in [3.05, 3.63) is 34.9 Å². The fraction of sp³-hybridized carbons (Fsp3) is 0.640. The Morgan fingerprint density at radius 3 is 2.26 bits per heavy atom. The molecule has 0 aliphatic rings. The summed E-state index contributed by atoms with van der Waals surface area (Å²) in [7, 11) is 0. The van der Waals surface area contributed by atoms with E-state index in [-0.39, 0.29) is 25.1 Å². The van der Waals surface area contributed by atoms with Crippen LogP contribution in [0.4, 0.5) is 4.79 Å². The van der Waals surface area contributed by atoms with Crippen molar-refractivity contribution in [3.8, 4) is 0 Å². The monoisotopic (exact) mass is 495 g/mol. The molecule has 1 rings (SSSR count). The van der Waals surface area contributed by atoms with Crippen molar-refractivity contribution in [3.63, 3.8) is 0 Å². The zero-order chi connectivity index (χ0) is 26.1. The van der Waals surface area contributed by atoms with Crippen molar-refractivity contribution < 1.29 is 24.2 Å². The molecule has 0 fully saturated rings. The molecule has 2 atom stereocenters. The predicted molar refractivity (Wildman–Crippen MR) is 137 cm³/mol. The maximum atomic E-state index is 13.8. The number of rotatable bonds is 11. The Balaban J connectivity index is 3.42. The minimum Gasteiger partial charge on any atom is -0.444 e. The van der Waals surface area contributed by atoms with E-state index in [9.17, 15) is 19.5 Å². The molecule has 0 spiro atoms. The number of benzene rings is 1. The van der Waals surface area contributed by atoms with Crippen LogP contribution in [-0.2, 0) is 14.3 Å². The number of alkyl carbamates (subject to hydrolysis) is 1. The van der Waals surface area contributed by atoms with Gasteiger partial charge in [0.2, 0.25) is 11.8 Å². The Bertz CT molecular complexity index is 838. The normalized spacial score (nSPS) is 13.2. The Kier molecular flexibility index (Phi) is 11.9. The maximum Gasteiger partial charge on any atom is 0.408 e. The fourth-order valence-corrected chi connectivity index (χ4v) is 3.86. The highest BCUT2D eigenvalue weighted by Gasteiger charge is 2.36. The Morgan fingerprint density at radius 2 is 1.76 bits per heavy atom. The zero-order valence-electron chi connectivity index (χ0n) is 21.7. The third-order valence-electron chi connectivity index (χ3n) is 5.06. The predicted octanol–water partition coefficient (Wildman–Crippen LogP) is 3.34. The molecule has 9 heteroatoms. The van der Waals surface area contributed by atoms with E-state index in [2.05, 4.69) is 10.6 Å². The van der Waals surface area contributed by atoms with E-state index >= 15 is 0 Å². The average molecular weight is 496 g/mol. The number of nitrogens with zero attached hydrogens (tertiary/aromatic N) is 1. The van der Waals surface area contributed by atoms with Crippen LogP contribution >= 0.6 is 11.8 Å². The summed E-state index contributed by atoms with van der Waals surface area (Å²) in [4.78, 5) is 40.9. The molecule has 0 aliphatic carbocycles. The minimum atomic E-state index is -0.960. The van der Waals surface area contributed by atoms with Crippen molar-refractivity contribution in [2.75, 3.05) is 25.2 Å². The van der Waals surface area contributed by atoms with Gasteiger partial charge in [-0.25, -0.2) is 4.79 Å². The molecule has 0 heterocycles. The summed E-state index contributed by atoms with van der Waals surface area (Å²) in [6, 6.07) is 3.61. The largest absolute Gasteiger partial charge is 0.444 e. The van der Waals surface area contributed by atoms with Crippen LogP contribution in [0.1, 0.15) is 63.8 Å². The van der Waals surface area contributed by atoms with Crippen molar-refractivity contribution in [2.45, 2.75) is 78.6 Å². The molecule has 192 valence electrons. The molecule has 34 heavy (non-hydrogen) atoms. The van der Waals surface area contributed by atoms with E-state index in [1.165, 1.54) is 4.90 Å². The van der Waals surface area contributed by atoms with Gasteiger partial charge in [0, 0.05) is 12.6 Å². The summed E-state index contributed by atoms with van der Waals surface area (Å²) >= 11 is 1.54. The Labute approximate surface area is 208 Å². The van der Waals surface area contributed by atoms with Crippen molar-refractivity contribution in [2.24, 2.45) is 0 Å². The lowest BCUT2D eigenvalue weighted by atomic mass is 9.98. The molecule has 0 aromatic heterocycles. The zero-order valence-corrected chi connectivity index (χ0v) is 22.5. The van der Waals surface area contributed by atoms with E-state index in [0.717, 1.165) is 11.1 Å². The third kappa shape index (κ3) is 9.54. The molecule has 0 radical (unpaired) electrons. The van der Waals surface area contributed by atoms with Crippen LogP contribution in [0.15, 0.2) is 18.2 Å². The summed E-state index contributed by atoms with van der Waals surface area (Å²) in [5, 5.41) is 15.4. The lowest BCUT2D eigenvalue weighted by Crippen LogP contribution is -2.54. The molecule has 0 saturated carbocycles. The van der Waals surface area contributed by atoms with Crippen molar-refractivity contribution in [1.82, 2.24) is 15.5 Å². The van der Waals surface area contributed by atoms with Gasteiger partial charge in [0.15, 0.2) is 0 Å². The second-order valence-corrected chi connectivity index (χ2v) is 10.6. The standard InChI is InChI=1S/C25H41N3O5S/c1-16(2)26-22(30)21(19-10-9-17(3)18(4)15-19)28(12-13-29)23(31)20(11-14-34-8)27-24(32)33-25(5,6)7/h9-10,15-16,20-21,29H,11-14H2,1-8H3,(H,26,30)(H,27,32). The van der Waals surface area contributed by atoms with Gasteiger partial charge >= 0.3 is 6.09 Å². The average Bonchev–Trinajstić information content (AvgIpc) is 2.70. The molecule has 8 nitrogen and oxygen atoms in total. The SMILES string of the molecule is CSCCC(NC(=O)OC(C)(C)C)C(=O)N(CCO)C(C(=O)NC(C)C)c1ccc(C)c(C)c1. The van der Waals surface area contributed by atoms with Gasteiger partial charge in [0.05, 0.1) is 6.61 Å². The van der Waals surface area contributed by atoms with Crippen molar-refractivity contribution >= 4 is 29.7 Å². The lowest BCUT2D eigenvalue weighted by Gasteiger charge is -2.34. The third-order valence-corrected chi connectivity index (χ3v) is 5.71. The van der Waals surface area contributed by atoms with Gasteiger partial charge in [-0.3, -0.25) is 9.59 Å². The number of amides is 3.